The average Bonchev–Trinajstić information content (AvgIpc) is 3.27. The van der Waals surface area contributed by atoms with Crippen LogP contribution in [-0.2, 0) is 6.42 Å². The molecule has 1 fully saturated rings. The summed E-state index contributed by atoms with van der Waals surface area (Å²) in [6.07, 6.45) is 8.23. The van der Waals surface area contributed by atoms with E-state index in [-0.39, 0.29) is 5.92 Å². The number of nitrogens with two attached hydrogens (primary N) is 2. The van der Waals surface area contributed by atoms with Crippen LogP contribution in [0.3, 0.4) is 0 Å². The van der Waals surface area contributed by atoms with E-state index in [1.165, 1.54) is 0 Å². The second kappa shape index (κ2) is 10.0. The predicted molar refractivity (Wildman–Crippen MR) is 134 cm³/mol. The maximum atomic E-state index is 6.16. The van der Waals surface area contributed by atoms with Gasteiger partial charge in [-0.3, -0.25) is 5.10 Å². The molecular weight excluding hydrogens is 450 g/mol. The number of nitrogens with one attached hydrogen (secondary N) is 2. The number of nitrogens with zero attached hydrogens (tertiary/aromatic N) is 5. The smallest absolute Gasteiger partial charge is 0.224 e. The fraction of sp³-hybridized carbons (Fsp3) is 0.375. The normalized spacial score (nSPS) is 19.3. The molecule has 1 aromatic carbocycles. The summed E-state index contributed by atoms with van der Waals surface area (Å²) in [5.74, 6) is 1.35. The molecule has 3 heterocycles. The second-order valence-corrected chi connectivity index (χ2v) is 9.27. The summed E-state index contributed by atoms with van der Waals surface area (Å²) in [5.41, 5.74) is 15.2. The van der Waals surface area contributed by atoms with Gasteiger partial charge in [0.2, 0.25) is 5.95 Å². The van der Waals surface area contributed by atoms with Gasteiger partial charge in [-0.05, 0) is 56.0 Å². The van der Waals surface area contributed by atoms with Crippen LogP contribution in [0.25, 0.3) is 22.4 Å². The van der Waals surface area contributed by atoms with Crippen molar-refractivity contribution in [1.29, 1.82) is 0 Å². The third kappa shape index (κ3) is 5.01. The lowest BCUT2D eigenvalue weighted by Crippen LogP contribution is -2.33. The van der Waals surface area contributed by atoms with E-state index in [4.69, 9.17) is 28.1 Å². The van der Waals surface area contributed by atoms with Gasteiger partial charge in [0.05, 0.1) is 16.8 Å². The van der Waals surface area contributed by atoms with Crippen LogP contribution in [0.5, 0.6) is 0 Å². The topological polar surface area (TPSA) is 144 Å². The fourth-order valence-electron chi connectivity index (χ4n) is 4.47. The zero-order valence-corrected chi connectivity index (χ0v) is 19.5. The lowest BCUT2D eigenvalue weighted by Gasteiger charge is -2.26. The average molecular weight is 478 g/mol. The SMILES string of the molecule is NCC(Cc1nccc(-c2[nH]nc3nc(NC4CCC(N)CC4)ncc23)n1)c1cccc(Cl)c1. The molecule has 5 rings (SSSR count). The molecule has 0 radical (unpaired) electrons. The summed E-state index contributed by atoms with van der Waals surface area (Å²) in [7, 11) is 0. The number of aromatic amines is 1. The van der Waals surface area contributed by atoms with E-state index >= 15 is 0 Å². The van der Waals surface area contributed by atoms with Gasteiger partial charge in [-0.25, -0.2) is 15.0 Å². The van der Waals surface area contributed by atoms with Crippen molar-refractivity contribution in [2.45, 2.75) is 50.1 Å². The Hall–Kier alpha value is -3.14. The Bertz CT molecular complexity index is 1270. The van der Waals surface area contributed by atoms with Gasteiger partial charge < -0.3 is 16.8 Å². The number of hydrogen-bond acceptors (Lipinski definition) is 8. The lowest BCUT2D eigenvalue weighted by atomic mass is 9.92. The molecule has 176 valence electrons. The van der Waals surface area contributed by atoms with Crippen LogP contribution in [0.15, 0.2) is 42.7 Å². The number of fused-ring (bicyclic) bond motifs is 1. The van der Waals surface area contributed by atoms with E-state index in [1.54, 1.807) is 12.4 Å². The highest BCUT2D eigenvalue weighted by atomic mass is 35.5. The third-order valence-corrected chi connectivity index (χ3v) is 6.65. The highest BCUT2D eigenvalue weighted by Crippen LogP contribution is 2.26. The van der Waals surface area contributed by atoms with Crippen molar-refractivity contribution in [2.24, 2.45) is 11.5 Å². The first-order chi connectivity index (χ1) is 16.6. The van der Waals surface area contributed by atoms with Gasteiger partial charge in [-0.15, -0.1) is 0 Å². The Labute approximate surface area is 202 Å². The van der Waals surface area contributed by atoms with E-state index in [1.807, 2.05) is 30.3 Å². The summed E-state index contributed by atoms with van der Waals surface area (Å²) in [6.45, 7) is 0.470. The number of H-pyrrole nitrogens is 1. The van der Waals surface area contributed by atoms with Crippen molar-refractivity contribution in [2.75, 3.05) is 11.9 Å². The molecule has 6 N–H and O–H groups in total. The minimum absolute atomic E-state index is 0.0683. The molecule has 0 bridgehead atoms. The molecule has 1 atom stereocenters. The fourth-order valence-corrected chi connectivity index (χ4v) is 4.67. The van der Waals surface area contributed by atoms with Crippen LogP contribution in [0.1, 0.15) is 43.0 Å². The molecule has 9 nitrogen and oxygen atoms in total. The van der Waals surface area contributed by atoms with Gasteiger partial charge >= 0.3 is 0 Å². The molecule has 0 aliphatic heterocycles. The standard InChI is InChI=1S/C24H28ClN9/c25-16-3-1-2-14(10-16)15(12-26)11-21-28-9-8-20(31-21)22-19-13-29-24(32-23(19)34-33-22)30-18-6-4-17(27)5-7-18/h1-3,8-10,13,15,17-18H,4-7,11-12,26-27H2,(H2,29,30,32,33,34). The first-order valence-electron chi connectivity index (χ1n) is 11.6. The number of anilines is 1. The van der Waals surface area contributed by atoms with Crippen molar-refractivity contribution in [1.82, 2.24) is 30.1 Å². The molecule has 3 aromatic heterocycles. The molecule has 1 saturated carbocycles. The Morgan fingerprint density at radius 3 is 2.76 bits per heavy atom. The zero-order valence-electron chi connectivity index (χ0n) is 18.8. The summed E-state index contributed by atoms with van der Waals surface area (Å²) < 4.78 is 0. The number of halogens is 1. The van der Waals surface area contributed by atoms with Gasteiger partial charge in [0.25, 0.3) is 0 Å². The summed E-state index contributed by atoms with van der Waals surface area (Å²) in [4.78, 5) is 18.4. The van der Waals surface area contributed by atoms with E-state index < -0.39 is 0 Å². The second-order valence-electron chi connectivity index (χ2n) is 8.84. The molecule has 34 heavy (non-hydrogen) atoms. The Morgan fingerprint density at radius 2 is 1.97 bits per heavy atom. The van der Waals surface area contributed by atoms with E-state index in [0.717, 1.165) is 48.0 Å². The molecule has 0 amide bonds. The molecular formula is C24H28ClN9. The van der Waals surface area contributed by atoms with Gasteiger partial charge in [-0.2, -0.15) is 10.1 Å². The zero-order chi connectivity index (χ0) is 23.5. The number of benzene rings is 1. The molecule has 0 saturated heterocycles. The molecule has 1 aliphatic carbocycles. The van der Waals surface area contributed by atoms with Crippen LogP contribution >= 0.6 is 11.6 Å². The van der Waals surface area contributed by atoms with Gasteiger partial charge in [0.15, 0.2) is 5.65 Å². The van der Waals surface area contributed by atoms with E-state index in [2.05, 4.69) is 30.5 Å². The Balaban J connectivity index is 1.35. The van der Waals surface area contributed by atoms with Crippen LogP contribution in [0.2, 0.25) is 5.02 Å². The summed E-state index contributed by atoms with van der Waals surface area (Å²) in [5, 5.41) is 12.4. The summed E-state index contributed by atoms with van der Waals surface area (Å²) >= 11 is 6.16. The lowest BCUT2D eigenvalue weighted by molar-refractivity contribution is 0.410. The van der Waals surface area contributed by atoms with Gasteiger partial charge in [0.1, 0.15) is 5.82 Å². The highest BCUT2D eigenvalue weighted by molar-refractivity contribution is 6.30. The minimum Gasteiger partial charge on any atom is -0.351 e. The van der Waals surface area contributed by atoms with Crippen LogP contribution in [0.4, 0.5) is 5.95 Å². The molecule has 1 aliphatic rings. The van der Waals surface area contributed by atoms with Gasteiger partial charge in [0, 0.05) is 41.8 Å². The number of rotatable bonds is 7. The molecule has 4 aromatic rings. The number of aromatic nitrogens is 6. The minimum atomic E-state index is 0.0683. The summed E-state index contributed by atoms with van der Waals surface area (Å²) in [6, 6.07) is 10.3. The molecule has 10 heteroatoms. The largest absolute Gasteiger partial charge is 0.351 e. The van der Waals surface area contributed by atoms with Crippen LogP contribution < -0.4 is 16.8 Å². The van der Waals surface area contributed by atoms with Crippen LogP contribution in [-0.4, -0.2) is 48.8 Å². The van der Waals surface area contributed by atoms with Crippen molar-refractivity contribution >= 4 is 28.6 Å². The number of hydrogen-bond donors (Lipinski definition) is 4. The molecule has 0 spiro atoms. The Kier molecular flexibility index (Phi) is 6.66. The van der Waals surface area contributed by atoms with E-state index in [0.29, 0.717) is 47.5 Å². The quantitative estimate of drug-likeness (QED) is 0.317. The van der Waals surface area contributed by atoms with Gasteiger partial charge in [-0.1, -0.05) is 23.7 Å². The predicted octanol–water partition coefficient (Wildman–Crippen LogP) is 3.43. The third-order valence-electron chi connectivity index (χ3n) is 6.41. The highest BCUT2D eigenvalue weighted by Gasteiger charge is 2.20. The first kappa shape index (κ1) is 22.6. The van der Waals surface area contributed by atoms with E-state index in [9.17, 15) is 0 Å². The van der Waals surface area contributed by atoms with Crippen molar-refractivity contribution in [3.8, 4) is 11.4 Å². The van der Waals surface area contributed by atoms with Crippen molar-refractivity contribution in [3.63, 3.8) is 0 Å². The maximum Gasteiger partial charge on any atom is 0.224 e. The first-order valence-corrected chi connectivity index (χ1v) is 12.0. The Morgan fingerprint density at radius 1 is 1.12 bits per heavy atom. The van der Waals surface area contributed by atoms with Crippen LogP contribution in [0, 0.1) is 0 Å². The maximum absolute atomic E-state index is 6.16. The molecule has 1 unspecified atom stereocenters. The monoisotopic (exact) mass is 477 g/mol. The van der Waals surface area contributed by atoms with Crippen molar-refractivity contribution < 1.29 is 0 Å². The van der Waals surface area contributed by atoms with Crippen molar-refractivity contribution in [3.05, 3.63) is 59.1 Å².